The summed E-state index contributed by atoms with van der Waals surface area (Å²) in [5, 5.41) is 0. The molecule has 1 aromatic rings. The molecule has 80 valence electrons. The summed E-state index contributed by atoms with van der Waals surface area (Å²) >= 11 is 0. The molecule has 15 heavy (non-hydrogen) atoms. The standard InChI is InChI=1S/C11H13NO2S/c1-3-9-8-12(2)15(13,14)11-7-5-4-6-10(9)11/h3-7,9H,1,8H2,2H3/t9-/m1/s1. The van der Waals surface area contributed by atoms with Gasteiger partial charge in [0.25, 0.3) is 0 Å². The molecule has 0 fully saturated rings. The maximum atomic E-state index is 12.0. The Bertz CT molecular complexity index is 493. The van der Waals surface area contributed by atoms with Crippen LogP contribution >= 0.6 is 0 Å². The topological polar surface area (TPSA) is 37.4 Å². The lowest BCUT2D eigenvalue weighted by Gasteiger charge is -2.29. The Hall–Kier alpha value is -1.13. The van der Waals surface area contributed by atoms with E-state index in [9.17, 15) is 8.42 Å². The van der Waals surface area contributed by atoms with Gasteiger partial charge in [-0.1, -0.05) is 24.3 Å². The molecule has 4 heteroatoms. The van der Waals surface area contributed by atoms with E-state index < -0.39 is 10.0 Å². The van der Waals surface area contributed by atoms with E-state index in [0.717, 1.165) is 5.56 Å². The summed E-state index contributed by atoms with van der Waals surface area (Å²) in [4.78, 5) is 0.406. The van der Waals surface area contributed by atoms with Crippen LogP contribution in [0.1, 0.15) is 11.5 Å². The molecule has 1 atom stereocenters. The maximum absolute atomic E-state index is 12.0. The van der Waals surface area contributed by atoms with Crippen molar-refractivity contribution in [2.45, 2.75) is 10.8 Å². The van der Waals surface area contributed by atoms with Crippen molar-refractivity contribution < 1.29 is 8.42 Å². The van der Waals surface area contributed by atoms with E-state index in [4.69, 9.17) is 0 Å². The molecule has 0 unspecified atom stereocenters. The minimum Gasteiger partial charge on any atom is -0.207 e. The summed E-state index contributed by atoms with van der Waals surface area (Å²) in [5.41, 5.74) is 0.852. The van der Waals surface area contributed by atoms with E-state index in [1.54, 1.807) is 25.3 Å². The lowest BCUT2D eigenvalue weighted by Crippen LogP contribution is -2.36. The van der Waals surface area contributed by atoms with Gasteiger partial charge in [-0.3, -0.25) is 0 Å². The highest BCUT2D eigenvalue weighted by molar-refractivity contribution is 7.89. The molecule has 0 aliphatic carbocycles. The van der Waals surface area contributed by atoms with Crippen LogP contribution in [0.15, 0.2) is 41.8 Å². The summed E-state index contributed by atoms with van der Waals surface area (Å²) < 4.78 is 25.3. The molecule has 0 N–H and O–H groups in total. The largest absolute Gasteiger partial charge is 0.243 e. The minimum absolute atomic E-state index is 0.0923. The maximum Gasteiger partial charge on any atom is 0.243 e. The number of benzene rings is 1. The Morgan fingerprint density at radius 2 is 2.13 bits per heavy atom. The Balaban J connectivity index is 2.69. The quantitative estimate of drug-likeness (QED) is 0.678. The number of likely N-dealkylation sites (N-methyl/N-ethyl adjacent to an activating group) is 1. The van der Waals surface area contributed by atoms with Crippen LogP contribution in [-0.2, 0) is 10.0 Å². The fourth-order valence-electron chi connectivity index (χ4n) is 1.86. The molecular formula is C11H13NO2S. The SMILES string of the molecule is C=C[C@@H]1CN(C)S(=O)(=O)c2ccccc21. The molecule has 0 saturated heterocycles. The van der Waals surface area contributed by atoms with Gasteiger partial charge in [0.1, 0.15) is 0 Å². The van der Waals surface area contributed by atoms with E-state index in [1.807, 2.05) is 12.1 Å². The summed E-state index contributed by atoms with van der Waals surface area (Å²) in [6.07, 6.45) is 1.80. The van der Waals surface area contributed by atoms with Crippen molar-refractivity contribution in [2.24, 2.45) is 0 Å². The molecule has 0 amide bonds. The van der Waals surface area contributed by atoms with Crippen molar-refractivity contribution in [1.29, 1.82) is 0 Å². The van der Waals surface area contributed by atoms with Gasteiger partial charge in [-0.25, -0.2) is 8.42 Å². The number of fused-ring (bicyclic) bond motifs is 1. The van der Waals surface area contributed by atoms with Crippen molar-refractivity contribution in [3.05, 3.63) is 42.5 Å². The van der Waals surface area contributed by atoms with Crippen LogP contribution in [-0.4, -0.2) is 26.3 Å². The second-order valence-electron chi connectivity index (χ2n) is 3.67. The number of nitrogens with zero attached hydrogens (tertiary/aromatic N) is 1. The Morgan fingerprint density at radius 1 is 1.47 bits per heavy atom. The zero-order valence-corrected chi connectivity index (χ0v) is 9.37. The van der Waals surface area contributed by atoms with Crippen LogP contribution in [0.25, 0.3) is 0 Å². The van der Waals surface area contributed by atoms with Gasteiger partial charge in [-0.2, -0.15) is 4.31 Å². The smallest absolute Gasteiger partial charge is 0.207 e. The average molecular weight is 223 g/mol. The third kappa shape index (κ3) is 1.50. The minimum atomic E-state index is -3.28. The fourth-order valence-corrected chi connectivity index (χ4v) is 3.33. The zero-order valence-electron chi connectivity index (χ0n) is 8.55. The van der Waals surface area contributed by atoms with Gasteiger partial charge in [-0.15, -0.1) is 6.58 Å². The van der Waals surface area contributed by atoms with Crippen LogP contribution in [0, 0.1) is 0 Å². The Kier molecular flexibility index (Phi) is 2.40. The first-order valence-corrected chi connectivity index (χ1v) is 6.19. The van der Waals surface area contributed by atoms with E-state index in [0.29, 0.717) is 11.4 Å². The van der Waals surface area contributed by atoms with E-state index in [-0.39, 0.29) is 5.92 Å². The molecule has 1 aliphatic heterocycles. The van der Waals surface area contributed by atoms with E-state index in [1.165, 1.54) is 4.31 Å². The molecule has 0 bridgehead atoms. The predicted octanol–water partition coefficient (Wildman–Crippen LogP) is 1.59. The first-order chi connectivity index (χ1) is 7.07. The van der Waals surface area contributed by atoms with Crippen molar-refractivity contribution in [2.75, 3.05) is 13.6 Å². The molecular weight excluding hydrogens is 210 g/mol. The van der Waals surface area contributed by atoms with Crippen LogP contribution in [0.3, 0.4) is 0 Å². The van der Waals surface area contributed by atoms with Crippen LogP contribution in [0.4, 0.5) is 0 Å². The monoisotopic (exact) mass is 223 g/mol. The van der Waals surface area contributed by atoms with Crippen molar-refractivity contribution in [3.8, 4) is 0 Å². The van der Waals surface area contributed by atoms with Gasteiger partial charge >= 0.3 is 0 Å². The second kappa shape index (κ2) is 3.47. The molecule has 1 aromatic carbocycles. The van der Waals surface area contributed by atoms with Gasteiger partial charge in [0, 0.05) is 19.5 Å². The molecule has 0 spiro atoms. The van der Waals surface area contributed by atoms with E-state index >= 15 is 0 Å². The third-order valence-corrected chi connectivity index (χ3v) is 4.64. The summed E-state index contributed by atoms with van der Waals surface area (Å²) in [6, 6.07) is 7.11. The highest BCUT2D eigenvalue weighted by Crippen LogP contribution is 2.32. The second-order valence-corrected chi connectivity index (χ2v) is 5.68. The highest BCUT2D eigenvalue weighted by Gasteiger charge is 2.32. The zero-order chi connectivity index (χ0) is 11.1. The normalized spacial score (nSPS) is 24.5. The first-order valence-electron chi connectivity index (χ1n) is 4.75. The average Bonchev–Trinajstić information content (AvgIpc) is 2.24. The molecule has 1 heterocycles. The molecule has 0 saturated carbocycles. The number of sulfonamides is 1. The van der Waals surface area contributed by atoms with Crippen molar-refractivity contribution in [3.63, 3.8) is 0 Å². The fraction of sp³-hybridized carbons (Fsp3) is 0.273. The Morgan fingerprint density at radius 3 is 2.80 bits per heavy atom. The number of hydrogen-bond acceptors (Lipinski definition) is 2. The highest BCUT2D eigenvalue weighted by atomic mass is 32.2. The van der Waals surface area contributed by atoms with Crippen LogP contribution < -0.4 is 0 Å². The van der Waals surface area contributed by atoms with E-state index in [2.05, 4.69) is 6.58 Å². The van der Waals surface area contributed by atoms with Crippen molar-refractivity contribution in [1.82, 2.24) is 4.31 Å². The molecule has 0 aromatic heterocycles. The van der Waals surface area contributed by atoms with Gasteiger partial charge < -0.3 is 0 Å². The summed E-state index contributed by atoms with van der Waals surface area (Å²) in [7, 11) is -1.68. The van der Waals surface area contributed by atoms with Crippen molar-refractivity contribution >= 4 is 10.0 Å². The number of hydrogen-bond donors (Lipinski definition) is 0. The lowest BCUT2D eigenvalue weighted by atomic mass is 9.99. The van der Waals surface area contributed by atoms with Gasteiger partial charge in [-0.05, 0) is 11.6 Å². The summed E-state index contributed by atoms with van der Waals surface area (Å²) in [6.45, 7) is 4.22. The van der Waals surface area contributed by atoms with Gasteiger partial charge in [0.15, 0.2) is 0 Å². The molecule has 0 radical (unpaired) electrons. The molecule has 2 rings (SSSR count). The first kappa shape index (κ1) is 10.4. The molecule has 1 aliphatic rings. The van der Waals surface area contributed by atoms with Gasteiger partial charge in [0.05, 0.1) is 4.90 Å². The van der Waals surface area contributed by atoms with Crippen LogP contribution in [0.2, 0.25) is 0 Å². The molecule has 3 nitrogen and oxygen atoms in total. The Labute approximate surface area is 90.1 Å². The lowest BCUT2D eigenvalue weighted by molar-refractivity contribution is 0.440. The summed E-state index contributed by atoms with van der Waals surface area (Å²) in [5.74, 6) is 0.0923. The number of rotatable bonds is 1. The van der Waals surface area contributed by atoms with Gasteiger partial charge in [0.2, 0.25) is 10.0 Å². The third-order valence-electron chi connectivity index (χ3n) is 2.75. The predicted molar refractivity (Wildman–Crippen MR) is 59.2 cm³/mol. The van der Waals surface area contributed by atoms with Crippen LogP contribution in [0.5, 0.6) is 0 Å².